The largest absolute Gasteiger partial charge is 0.466 e. The highest BCUT2D eigenvalue weighted by molar-refractivity contribution is 6.03. The SMILES string of the molecule is COC(=O)C1=C(C(=O)OC)N(c2ccc3c(C(F)(F)F)cc(=O)oc3c2)COC1. The van der Waals surface area contributed by atoms with Gasteiger partial charge in [0.05, 0.1) is 32.0 Å². The van der Waals surface area contributed by atoms with E-state index in [4.69, 9.17) is 13.9 Å². The van der Waals surface area contributed by atoms with E-state index in [1.54, 1.807) is 0 Å². The fourth-order valence-electron chi connectivity index (χ4n) is 2.90. The molecule has 0 radical (unpaired) electrons. The first kappa shape index (κ1) is 20.4. The summed E-state index contributed by atoms with van der Waals surface area (Å²) in [7, 11) is 2.22. The van der Waals surface area contributed by atoms with Crippen molar-refractivity contribution in [3.63, 3.8) is 0 Å². The maximum Gasteiger partial charge on any atom is 0.417 e. The van der Waals surface area contributed by atoms with Crippen LogP contribution in [0, 0.1) is 0 Å². The molecule has 11 heteroatoms. The summed E-state index contributed by atoms with van der Waals surface area (Å²) < 4.78 is 59.2. The zero-order chi connectivity index (χ0) is 21.3. The van der Waals surface area contributed by atoms with E-state index in [0.29, 0.717) is 6.07 Å². The lowest BCUT2D eigenvalue weighted by Crippen LogP contribution is -2.38. The summed E-state index contributed by atoms with van der Waals surface area (Å²) in [6.45, 7) is -0.436. The molecule has 1 aliphatic rings. The molecule has 0 saturated heterocycles. The van der Waals surface area contributed by atoms with Crippen LogP contribution in [-0.2, 0) is 30.0 Å². The lowest BCUT2D eigenvalue weighted by Gasteiger charge is -2.31. The van der Waals surface area contributed by atoms with Crippen LogP contribution in [0.2, 0.25) is 0 Å². The van der Waals surface area contributed by atoms with E-state index in [-0.39, 0.29) is 41.3 Å². The number of hydrogen-bond donors (Lipinski definition) is 0. The maximum absolute atomic E-state index is 13.2. The second-order valence-corrected chi connectivity index (χ2v) is 5.87. The number of fused-ring (bicyclic) bond motifs is 1. The highest BCUT2D eigenvalue weighted by Crippen LogP contribution is 2.36. The molecule has 1 aliphatic heterocycles. The van der Waals surface area contributed by atoms with Gasteiger partial charge in [0.1, 0.15) is 18.0 Å². The second-order valence-electron chi connectivity index (χ2n) is 5.87. The van der Waals surface area contributed by atoms with Crippen LogP contribution in [0.4, 0.5) is 18.9 Å². The van der Waals surface area contributed by atoms with Crippen molar-refractivity contribution in [1.82, 2.24) is 0 Å². The number of halogens is 3. The molecule has 0 spiro atoms. The van der Waals surface area contributed by atoms with Gasteiger partial charge in [-0.3, -0.25) is 0 Å². The van der Waals surface area contributed by atoms with Gasteiger partial charge in [0.15, 0.2) is 0 Å². The number of alkyl halides is 3. The van der Waals surface area contributed by atoms with Gasteiger partial charge in [-0.15, -0.1) is 0 Å². The molecule has 0 atom stereocenters. The van der Waals surface area contributed by atoms with Crippen LogP contribution in [0.25, 0.3) is 11.0 Å². The number of rotatable bonds is 3. The molecule has 2 aromatic rings. The van der Waals surface area contributed by atoms with Crippen molar-refractivity contribution >= 4 is 28.6 Å². The average Bonchev–Trinajstić information content (AvgIpc) is 2.70. The van der Waals surface area contributed by atoms with Crippen molar-refractivity contribution in [3.05, 3.63) is 51.5 Å². The van der Waals surface area contributed by atoms with E-state index in [2.05, 4.69) is 4.74 Å². The van der Waals surface area contributed by atoms with Gasteiger partial charge in [-0.05, 0) is 12.1 Å². The molecule has 0 amide bonds. The zero-order valence-corrected chi connectivity index (χ0v) is 15.2. The Hall–Kier alpha value is -3.34. The van der Waals surface area contributed by atoms with Gasteiger partial charge in [-0.25, -0.2) is 14.4 Å². The molecule has 2 heterocycles. The third-order valence-corrected chi connectivity index (χ3v) is 4.18. The number of methoxy groups -OCH3 is 2. The van der Waals surface area contributed by atoms with Gasteiger partial charge in [-0.2, -0.15) is 13.2 Å². The summed E-state index contributed by atoms with van der Waals surface area (Å²) >= 11 is 0. The normalized spacial score (nSPS) is 14.9. The molecule has 0 fully saturated rings. The van der Waals surface area contributed by atoms with E-state index < -0.39 is 29.3 Å². The number of esters is 2. The van der Waals surface area contributed by atoms with E-state index in [1.165, 1.54) is 11.0 Å². The fourth-order valence-corrected chi connectivity index (χ4v) is 2.90. The Morgan fingerprint density at radius 1 is 1.10 bits per heavy atom. The number of benzene rings is 1. The summed E-state index contributed by atoms with van der Waals surface area (Å²) in [5.74, 6) is -1.71. The third kappa shape index (κ3) is 3.81. The first-order valence-corrected chi connectivity index (χ1v) is 8.07. The highest BCUT2D eigenvalue weighted by atomic mass is 19.4. The summed E-state index contributed by atoms with van der Waals surface area (Å²) in [5.41, 5.74) is -2.87. The molecule has 0 bridgehead atoms. The van der Waals surface area contributed by atoms with Crippen molar-refractivity contribution in [3.8, 4) is 0 Å². The minimum absolute atomic E-state index is 0.129. The molecule has 0 aliphatic carbocycles. The lowest BCUT2D eigenvalue weighted by molar-refractivity contribution is -0.140. The number of hydrogen-bond acceptors (Lipinski definition) is 8. The Balaban J connectivity index is 2.20. The highest BCUT2D eigenvalue weighted by Gasteiger charge is 2.35. The third-order valence-electron chi connectivity index (χ3n) is 4.18. The molecule has 0 saturated carbocycles. The van der Waals surface area contributed by atoms with E-state index in [1.807, 2.05) is 0 Å². The average molecular weight is 413 g/mol. The minimum Gasteiger partial charge on any atom is -0.466 e. The number of carbonyl (C=O) groups excluding carboxylic acids is 2. The predicted octanol–water partition coefficient (Wildman–Crippen LogP) is 2.21. The van der Waals surface area contributed by atoms with Crippen molar-refractivity contribution in [2.24, 2.45) is 0 Å². The standard InChI is InChI=1S/C18H14F3NO7/c1-26-16(24)11-7-28-8-22(15(11)17(25)27-2)9-3-4-10-12(18(19,20)21)6-14(23)29-13(10)5-9/h3-6H,7-8H2,1-2H3. The molecule has 154 valence electrons. The molecule has 0 N–H and O–H groups in total. The molecule has 8 nitrogen and oxygen atoms in total. The number of nitrogens with zero attached hydrogens (tertiary/aromatic N) is 1. The quantitative estimate of drug-likeness (QED) is 0.558. The van der Waals surface area contributed by atoms with Crippen LogP contribution < -0.4 is 10.5 Å². The van der Waals surface area contributed by atoms with Crippen LogP contribution in [-0.4, -0.2) is 39.5 Å². The number of ether oxygens (including phenoxy) is 3. The number of carbonyl (C=O) groups is 2. The summed E-state index contributed by atoms with van der Waals surface area (Å²) in [5, 5.41) is -0.337. The molecule has 29 heavy (non-hydrogen) atoms. The molecular weight excluding hydrogens is 399 g/mol. The van der Waals surface area contributed by atoms with Crippen molar-refractivity contribution in [2.75, 3.05) is 32.5 Å². The van der Waals surface area contributed by atoms with Gasteiger partial charge in [-0.1, -0.05) is 0 Å². The van der Waals surface area contributed by atoms with Crippen LogP contribution in [0.5, 0.6) is 0 Å². The Labute approximate surface area is 161 Å². The Morgan fingerprint density at radius 3 is 2.41 bits per heavy atom. The van der Waals surface area contributed by atoms with Crippen LogP contribution >= 0.6 is 0 Å². The zero-order valence-electron chi connectivity index (χ0n) is 15.2. The van der Waals surface area contributed by atoms with Gasteiger partial charge >= 0.3 is 23.7 Å². The molecule has 1 aromatic carbocycles. The van der Waals surface area contributed by atoms with Crippen molar-refractivity contribution in [1.29, 1.82) is 0 Å². The first-order valence-electron chi connectivity index (χ1n) is 8.07. The van der Waals surface area contributed by atoms with Gasteiger partial charge < -0.3 is 23.5 Å². The lowest BCUT2D eigenvalue weighted by atomic mass is 10.1. The summed E-state index contributed by atoms with van der Waals surface area (Å²) in [6.07, 6.45) is -4.76. The van der Waals surface area contributed by atoms with Gasteiger partial charge in [0.25, 0.3) is 0 Å². The minimum atomic E-state index is -4.76. The van der Waals surface area contributed by atoms with E-state index in [9.17, 15) is 27.6 Å². The molecule has 1 aromatic heterocycles. The van der Waals surface area contributed by atoms with Gasteiger partial charge in [0.2, 0.25) is 0 Å². The fraction of sp³-hybridized carbons (Fsp3) is 0.278. The molecular formula is C18H14F3NO7. The monoisotopic (exact) mass is 413 g/mol. The predicted molar refractivity (Wildman–Crippen MR) is 91.8 cm³/mol. The maximum atomic E-state index is 13.2. The smallest absolute Gasteiger partial charge is 0.417 e. The Kier molecular flexibility index (Phi) is 5.33. The van der Waals surface area contributed by atoms with Crippen LogP contribution in [0.15, 0.2) is 44.7 Å². The van der Waals surface area contributed by atoms with Crippen LogP contribution in [0.1, 0.15) is 5.56 Å². The number of anilines is 1. The summed E-state index contributed by atoms with van der Waals surface area (Å²) in [4.78, 5) is 37.1. The van der Waals surface area contributed by atoms with Crippen molar-refractivity contribution < 1.29 is 41.4 Å². The Bertz CT molecular complexity index is 1070. The van der Waals surface area contributed by atoms with E-state index in [0.717, 1.165) is 26.4 Å². The van der Waals surface area contributed by atoms with Gasteiger partial charge in [0, 0.05) is 23.2 Å². The second kappa shape index (κ2) is 7.59. The van der Waals surface area contributed by atoms with Crippen LogP contribution in [0.3, 0.4) is 0 Å². The van der Waals surface area contributed by atoms with E-state index >= 15 is 0 Å². The molecule has 0 unspecified atom stereocenters. The summed E-state index contributed by atoms with van der Waals surface area (Å²) in [6, 6.07) is 3.86. The first-order chi connectivity index (χ1) is 13.7. The molecule has 3 rings (SSSR count). The van der Waals surface area contributed by atoms with Crippen molar-refractivity contribution in [2.45, 2.75) is 6.18 Å². The topological polar surface area (TPSA) is 95.3 Å². The Morgan fingerprint density at radius 2 is 1.79 bits per heavy atom.